The number of thiol groups is 1. The van der Waals surface area contributed by atoms with Crippen molar-refractivity contribution >= 4 is 40.1 Å². The van der Waals surface area contributed by atoms with E-state index in [-0.39, 0.29) is 15.6 Å². The van der Waals surface area contributed by atoms with Gasteiger partial charge in [-0.25, -0.2) is 0 Å². The Balaban J connectivity index is 2.63. The summed E-state index contributed by atoms with van der Waals surface area (Å²) in [7, 11) is -0.00200. The van der Waals surface area contributed by atoms with Gasteiger partial charge in [-0.3, -0.25) is 15.2 Å². The molecule has 1 fully saturated rings. The van der Waals surface area contributed by atoms with E-state index in [4.69, 9.17) is 24.8 Å². The van der Waals surface area contributed by atoms with Crippen LogP contribution in [0, 0.1) is 0 Å². The zero-order valence-electron chi connectivity index (χ0n) is 18.1. The van der Waals surface area contributed by atoms with Crippen LogP contribution in [0.25, 0.3) is 0 Å². The van der Waals surface area contributed by atoms with Crippen molar-refractivity contribution in [1.29, 1.82) is 0 Å². The van der Waals surface area contributed by atoms with E-state index in [1.54, 1.807) is 0 Å². The number of hydrogen-bond donors (Lipinski definition) is 2. The van der Waals surface area contributed by atoms with Crippen LogP contribution >= 0.6 is 24.8 Å². The van der Waals surface area contributed by atoms with Gasteiger partial charge in [0.1, 0.15) is 10.9 Å². The summed E-state index contributed by atoms with van der Waals surface area (Å²) in [5, 5.41) is 2.28. The van der Waals surface area contributed by atoms with E-state index in [2.05, 4.69) is 47.9 Å². The first-order chi connectivity index (χ1) is 13.1. The predicted octanol–water partition coefficient (Wildman–Crippen LogP) is 4.64. The van der Waals surface area contributed by atoms with Crippen molar-refractivity contribution in [2.24, 2.45) is 0 Å². The Labute approximate surface area is 182 Å². The number of nitrogens with one attached hydrogen (secondary N) is 1. The van der Waals surface area contributed by atoms with Gasteiger partial charge in [0.2, 0.25) is 4.71 Å². The topological polar surface area (TPSA) is 21.8 Å². The Morgan fingerprint density at radius 2 is 1.33 bits per heavy atom. The number of rotatable bonds is 16. The summed E-state index contributed by atoms with van der Waals surface area (Å²) in [6, 6.07) is 0. The van der Waals surface area contributed by atoms with Crippen LogP contribution in [0.15, 0.2) is 0 Å². The van der Waals surface area contributed by atoms with Gasteiger partial charge in [-0.15, -0.1) is 17.6 Å². The minimum atomic E-state index is -0.00200. The molecule has 1 saturated heterocycles. The van der Waals surface area contributed by atoms with Gasteiger partial charge in [0.15, 0.2) is 5.88 Å². The molecule has 0 radical (unpaired) electrons. The number of unbranched alkanes of at least 4 members (excludes halogenated alkanes) is 4. The summed E-state index contributed by atoms with van der Waals surface area (Å²) in [5.41, 5.74) is 3.49. The second-order valence-electron chi connectivity index (χ2n) is 7.54. The summed E-state index contributed by atoms with van der Waals surface area (Å²) in [6.45, 7) is 14.7. The lowest BCUT2D eigenvalue weighted by atomic mass is 10.3. The van der Waals surface area contributed by atoms with Gasteiger partial charge in [-0.05, 0) is 51.0 Å². The van der Waals surface area contributed by atoms with Gasteiger partial charge in [0.25, 0.3) is 0 Å². The summed E-state index contributed by atoms with van der Waals surface area (Å²) < 4.78 is 1.19. The quantitative estimate of drug-likeness (QED) is 0.209. The van der Waals surface area contributed by atoms with Crippen LogP contribution in [0.3, 0.4) is 0 Å². The summed E-state index contributed by atoms with van der Waals surface area (Å²) in [5.74, 6) is 1.06. The smallest absolute Gasteiger partial charge is 0.289 e. The van der Waals surface area contributed by atoms with Crippen molar-refractivity contribution in [2.75, 3.05) is 38.7 Å². The van der Waals surface area contributed by atoms with E-state index in [1.165, 1.54) is 64.5 Å². The number of nitrogens with zero attached hydrogens (tertiary/aromatic N) is 3. The van der Waals surface area contributed by atoms with Crippen LogP contribution in [0.2, 0.25) is 0 Å². The van der Waals surface area contributed by atoms with E-state index in [0.29, 0.717) is 0 Å². The van der Waals surface area contributed by atoms with Crippen molar-refractivity contribution in [3.05, 3.63) is 0 Å². The molecule has 27 heavy (non-hydrogen) atoms. The summed E-state index contributed by atoms with van der Waals surface area (Å²) in [4.78, 5) is 5.17. The van der Waals surface area contributed by atoms with Crippen molar-refractivity contribution in [3.63, 3.8) is 0 Å². The monoisotopic (exact) mass is 435 g/mol. The van der Waals surface area contributed by atoms with Crippen LogP contribution in [0.5, 0.6) is 0 Å². The molecule has 160 valence electrons. The molecule has 4 nitrogen and oxygen atoms in total. The van der Waals surface area contributed by atoms with Crippen LogP contribution in [-0.4, -0.2) is 62.6 Å². The third-order valence-corrected chi connectivity index (χ3v) is 8.73. The lowest BCUT2D eigenvalue weighted by Crippen LogP contribution is -2.45. The zero-order chi connectivity index (χ0) is 20.1. The largest absolute Gasteiger partial charge is 0.306 e. The molecule has 1 N–H and O–H groups in total. The third kappa shape index (κ3) is 9.68. The Bertz CT molecular complexity index is 381. The molecule has 0 saturated carbocycles. The average Bonchev–Trinajstić information content (AvgIpc) is 2.92. The van der Waals surface area contributed by atoms with Crippen molar-refractivity contribution in [1.82, 2.24) is 20.2 Å². The second kappa shape index (κ2) is 15.3. The molecule has 7 heteroatoms. The van der Waals surface area contributed by atoms with E-state index in [1.807, 2.05) is 0 Å². The Hall–Kier alpha value is 0.470. The molecule has 1 rings (SSSR count). The highest BCUT2D eigenvalue weighted by Crippen LogP contribution is 2.24. The van der Waals surface area contributed by atoms with E-state index in [0.717, 1.165) is 30.0 Å². The first-order valence-electron chi connectivity index (χ1n) is 11.0. The first kappa shape index (κ1) is 25.5. The molecule has 0 bridgehead atoms. The maximum absolute atomic E-state index is 5.73. The standard InChI is InChI=1S/C20H42N4S3/c1-5-9-13-22(14-10-6-2)17-24-20(26)27(19(25)21-24)18-23(15-11-7-3)16-12-8-4/h20H,5-18H2,1-4H3,(H-,21,25,26)/p+1. The maximum Gasteiger partial charge on any atom is 0.306 e. The van der Waals surface area contributed by atoms with Gasteiger partial charge in [0.05, 0.1) is 6.67 Å². The molecule has 0 amide bonds. The van der Waals surface area contributed by atoms with Crippen LogP contribution in [-0.2, 0) is 10.9 Å². The lowest BCUT2D eigenvalue weighted by Gasteiger charge is -2.27. The van der Waals surface area contributed by atoms with Gasteiger partial charge in [-0.2, -0.15) is 0 Å². The zero-order valence-corrected chi connectivity index (χ0v) is 20.6. The molecule has 0 aromatic carbocycles. The number of thiocarbonyl (C=S) groups is 1. The Morgan fingerprint density at radius 3 is 1.78 bits per heavy atom. The SMILES string of the molecule is CCCCN(CCCC)CN1NC(=S)[S+](CN(CCCC)CCCC)C1S. The van der Waals surface area contributed by atoms with Gasteiger partial charge >= 0.3 is 4.32 Å². The minimum absolute atomic E-state index is 0.00200. The fourth-order valence-electron chi connectivity index (χ4n) is 3.14. The summed E-state index contributed by atoms with van der Waals surface area (Å²) >= 11 is 10.7. The molecular formula is C20H43N4S3+. The predicted molar refractivity (Wildman–Crippen MR) is 130 cm³/mol. The van der Waals surface area contributed by atoms with Gasteiger partial charge in [0, 0.05) is 13.1 Å². The third-order valence-electron chi connectivity index (χ3n) is 4.98. The maximum atomic E-state index is 5.73. The van der Waals surface area contributed by atoms with E-state index < -0.39 is 0 Å². The van der Waals surface area contributed by atoms with Crippen molar-refractivity contribution in [2.45, 2.75) is 83.8 Å². The van der Waals surface area contributed by atoms with Gasteiger partial charge in [-0.1, -0.05) is 53.4 Å². The van der Waals surface area contributed by atoms with E-state index in [9.17, 15) is 0 Å². The second-order valence-corrected chi connectivity index (χ2v) is 11.0. The lowest BCUT2D eigenvalue weighted by molar-refractivity contribution is 0.123. The fraction of sp³-hybridized carbons (Fsp3) is 0.950. The summed E-state index contributed by atoms with van der Waals surface area (Å²) in [6.07, 6.45) is 10.0. The molecule has 0 aliphatic carbocycles. The van der Waals surface area contributed by atoms with Crippen LogP contribution in [0.4, 0.5) is 0 Å². The number of hydrogen-bond acceptors (Lipinski definition) is 5. The van der Waals surface area contributed by atoms with Crippen molar-refractivity contribution < 1.29 is 0 Å². The van der Waals surface area contributed by atoms with Gasteiger partial charge < -0.3 is 0 Å². The molecule has 0 spiro atoms. The van der Waals surface area contributed by atoms with E-state index >= 15 is 0 Å². The molecule has 1 heterocycles. The molecular weight excluding hydrogens is 392 g/mol. The normalized spacial score (nSPS) is 20.8. The first-order valence-corrected chi connectivity index (χ1v) is 13.3. The highest BCUT2D eigenvalue weighted by molar-refractivity contribution is 8.25. The van der Waals surface area contributed by atoms with Crippen LogP contribution < -0.4 is 5.43 Å². The Kier molecular flexibility index (Phi) is 14.5. The molecule has 1 aliphatic rings. The van der Waals surface area contributed by atoms with Crippen molar-refractivity contribution in [3.8, 4) is 0 Å². The molecule has 0 aromatic heterocycles. The number of hydrazine groups is 1. The molecule has 2 unspecified atom stereocenters. The molecule has 2 atom stereocenters. The fourth-order valence-corrected chi connectivity index (χ4v) is 6.31. The molecule has 0 aromatic rings. The average molecular weight is 436 g/mol. The Morgan fingerprint density at radius 1 is 0.889 bits per heavy atom. The molecule has 1 aliphatic heterocycles. The van der Waals surface area contributed by atoms with Crippen LogP contribution in [0.1, 0.15) is 79.1 Å². The highest BCUT2D eigenvalue weighted by Gasteiger charge is 2.47. The highest BCUT2D eigenvalue weighted by atomic mass is 32.2. The minimum Gasteiger partial charge on any atom is -0.289 e.